The molecule has 0 N–H and O–H groups in total. The maximum absolute atomic E-state index is 5.78. The Hall–Kier alpha value is -2.12. The molecule has 0 spiro atoms. The Morgan fingerprint density at radius 3 is 2.23 bits per heavy atom. The number of hydrogen-bond donors (Lipinski definition) is 0. The zero-order chi connectivity index (χ0) is 21.7. The van der Waals surface area contributed by atoms with Crippen LogP contribution in [-0.4, -0.2) is 6.61 Å². The van der Waals surface area contributed by atoms with Crippen LogP contribution >= 0.6 is 0 Å². The summed E-state index contributed by atoms with van der Waals surface area (Å²) in [5.41, 5.74) is 5.79. The zero-order valence-corrected chi connectivity index (χ0v) is 19.2. The van der Waals surface area contributed by atoms with E-state index in [1.807, 2.05) is 6.08 Å². The molecule has 0 bridgehead atoms. The molecule has 2 aromatic carbocycles. The third-order valence-electron chi connectivity index (χ3n) is 6.80. The summed E-state index contributed by atoms with van der Waals surface area (Å²) >= 11 is 0. The Kier molecular flexibility index (Phi) is 10.1. The van der Waals surface area contributed by atoms with Crippen LogP contribution in [-0.2, 0) is 24.2 Å². The molecule has 166 valence electrons. The van der Waals surface area contributed by atoms with Gasteiger partial charge in [0.2, 0.25) is 0 Å². The second-order valence-electron chi connectivity index (χ2n) is 9.09. The number of ether oxygens (including phenoxy) is 1. The van der Waals surface area contributed by atoms with E-state index in [-0.39, 0.29) is 0 Å². The van der Waals surface area contributed by atoms with Crippen LogP contribution in [0.25, 0.3) is 0 Å². The lowest BCUT2D eigenvalue weighted by Gasteiger charge is -2.28. The van der Waals surface area contributed by atoms with E-state index in [1.165, 1.54) is 68.1 Å². The number of rotatable bonds is 13. The molecule has 2 aromatic rings. The Morgan fingerprint density at radius 1 is 0.806 bits per heavy atom. The van der Waals surface area contributed by atoms with Gasteiger partial charge in [-0.1, -0.05) is 60.7 Å². The van der Waals surface area contributed by atoms with Gasteiger partial charge in [-0.25, -0.2) is 0 Å². The summed E-state index contributed by atoms with van der Waals surface area (Å²) in [6.07, 6.45) is 16.3. The van der Waals surface area contributed by atoms with Crippen molar-refractivity contribution in [2.45, 2.75) is 76.7 Å². The molecule has 1 heteroatoms. The maximum atomic E-state index is 5.78. The first-order valence-corrected chi connectivity index (χ1v) is 12.2. The summed E-state index contributed by atoms with van der Waals surface area (Å²) in [6, 6.07) is 18.2. The van der Waals surface area contributed by atoms with Crippen molar-refractivity contribution in [1.29, 1.82) is 0 Å². The van der Waals surface area contributed by atoms with Crippen molar-refractivity contribution in [3.63, 3.8) is 0 Å². The van der Waals surface area contributed by atoms with Gasteiger partial charge in [0.1, 0.15) is 0 Å². The fourth-order valence-electron chi connectivity index (χ4n) is 4.86. The third-order valence-corrected chi connectivity index (χ3v) is 6.80. The van der Waals surface area contributed by atoms with Gasteiger partial charge in [0, 0.05) is 0 Å². The van der Waals surface area contributed by atoms with Crippen LogP contribution < -0.4 is 0 Å². The average Bonchev–Trinajstić information content (AvgIpc) is 2.81. The van der Waals surface area contributed by atoms with Crippen LogP contribution in [0, 0.1) is 5.92 Å². The zero-order valence-electron chi connectivity index (χ0n) is 19.2. The van der Waals surface area contributed by atoms with Gasteiger partial charge in [-0.3, -0.25) is 0 Å². The van der Waals surface area contributed by atoms with Crippen molar-refractivity contribution in [2.75, 3.05) is 6.61 Å². The highest BCUT2D eigenvalue weighted by Gasteiger charge is 2.21. The summed E-state index contributed by atoms with van der Waals surface area (Å²) in [6.45, 7) is 9.12. The molecule has 0 unspecified atom stereocenters. The summed E-state index contributed by atoms with van der Waals surface area (Å²) in [7, 11) is 0. The van der Waals surface area contributed by atoms with Crippen LogP contribution in [0.3, 0.4) is 0 Å². The summed E-state index contributed by atoms with van der Waals surface area (Å²) in [4.78, 5) is 0. The SMILES string of the molecule is C=CCCOCc1ccccc1CCCCc1ccc(C2CCC(CC=C)CC2)cc1. The van der Waals surface area contributed by atoms with E-state index in [0.717, 1.165) is 31.3 Å². The Labute approximate surface area is 190 Å². The molecule has 1 aliphatic carbocycles. The molecule has 0 aliphatic heterocycles. The predicted octanol–water partition coefficient (Wildman–Crippen LogP) is 8.19. The van der Waals surface area contributed by atoms with Gasteiger partial charge in [0.05, 0.1) is 13.2 Å². The molecule has 0 radical (unpaired) electrons. The van der Waals surface area contributed by atoms with Crippen LogP contribution in [0.2, 0.25) is 0 Å². The Balaban J connectivity index is 1.39. The first-order valence-electron chi connectivity index (χ1n) is 12.2. The topological polar surface area (TPSA) is 9.23 Å². The largest absolute Gasteiger partial charge is 0.376 e. The quantitative estimate of drug-likeness (QED) is 0.236. The predicted molar refractivity (Wildman–Crippen MR) is 134 cm³/mol. The number of hydrogen-bond acceptors (Lipinski definition) is 1. The highest BCUT2D eigenvalue weighted by molar-refractivity contribution is 5.27. The van der Waals surface area contributed by atoms with E-state index in [4.69, 9.17) is 4.74 Å². The van der Waals surface area contributed by atoms with E-state index >= 15 is 0 Å². The fraction of sp³-hybridized carbons (Fsp3) is 0.467. The van der Waals surface area contributed by atoms with Crippen LogP contribution in [0.15, 0.2) is 73.8 Å². The number of unbranched alkanes of at least 4 members (excludes halogenated alkanes) is 1. The average molecular weight is 417 g/mol. The second kappa shape index (κ2) is 13.3. The number of benzene rings is 2. The normalized spacial score (nSPS) is 18.6. The van der Waals surface area contributed by atoms with Crippen LogP contribution in [0.1, 0.15) is 79.5 Å². The first kappa shape index (κ1) is 23.5. The molecule has 31 heavy (non-hydrogen) atoms. The highest BCUT2D eigenvalue weighted by Crippen LogP contribution is 2.37. The molecule has 1 fully saturated rings. The van der Waals surface area contributed by atoms with Gasteiger partial charge in [0.25, 0.3) is 0 Å². The van der Waals surface area contributed by atoms with Gasteiger partial charge in [-0.15, -0.1) is 13.2 Å². The van der Waals surface area contributed by atoms with E-state index in [2.05, 4.69) is 67.8 Å². The monoisotopic (exact) mass is 416 g/mol. The molecule has 0 aromatic heterocycles. The highest BCUT2D eigenvalue weighted by atomic mass is 16.5. The minimum Gasteiger partial charge on any atom is -0.376 e. The standard InChI is InChI=1S/C30H40O/c1-3-5-23-31-24-30-14-9-8-13-27(30)12-7-6-11-26-17-21-29(22-18-26)28-19-15-25(10-4-2)16-20-28/h3-4,8-9,13-14,17-18,21-22,25,28H,1-2,5-7,10-12,15-16,19-20,23-24H2. The van der Waals surface area contributed by atoms with E-state index in [0.29, 0.717) is 6.61 Å². The molecule has 3 rings (SSSR count). The molecular formula is C30H40O. The van der Waals surface area contributed by atoms with Crippen molar-refractivity contribution in [2.24, 2.45) is 5.92 Å². The van der Waals surface area contributed by atoms with Gasteiger partial charge in [-0.2, -0.15) is 0 Å². The van der Waals surface area contributed by atoms with Gasteiger partial charge in [-0.05, 0) is 98.3 Å². The molecule has 1 nitrogen and oxygen atoms in total. The van der Waals surface area contributed by atoms with Gasteiger partial charge in [0.15, 0.2) is 0 Å². The van der Waals surface area contributed by atoms with Crippen molar-refractivity contribution in [3.8, 4) is 0 Å². The summed E-state index contributed by atoms with van der Waals surface area (Å²) in [5, 5.41) is 0. The fourth-order valence-corrected chi connectivity index (χ4v) is 4.86. The molecule has 1 aliphatic rings. The minimum atomic E-state index is 0.709. The lowest BCUT2D eigenvalue weighted by molar-refractivity contribution is 0.125. The molecular weight excluding hydrogens is 376 g/mol. The van der Waals surface area contributed by atoms with Gasteiger partial charge < -0.3 is 4.74 Å². The third kappa shape index (κ3) is 7.82. The van der Waals surface area contributed by atoms with Crippen molar-refractivity contribution in [1.82, 2.24) is 0 Å². The molecule has 1 saturated carbocycles. The molecule has 0 saturated heterocycles. The number of aryl methyl sites for hydroxylation is 2. The van der Waals surface area contributed by atoms with Crippen molar-refractivity contribution in [3.05, 3.63) is 96.1 Å². The van der Waals surface area contributed by atoms with Crippen molar-refractivity contribution >= 4 is 0 Å². The van der Waals surface area contributed by atoms with Crippen LogP contribution in [0.5, 0.6) is 0 Å². The summed E-state index contributed by atoms with van der Waals surface area (Å²) in [5.74, 6) is 1.64. The summed E-state index contributed by atoms with van der Waals surface area (Å²) < 4.78 is 5.78. The first-order chi connectivity index (χ1) is 15.3. The maximum Gasteiger partial charge on any atom is 0.0719 e. The van der Waals surface area contributed by atoms with Crippen LogP contribution in [0.4, 0.5) is 0 Å². The van der Waals surface area contributed by atoms with Gasteiger partial charge >= 0.3 is 0 Å². The second-order valence-corrected chi connectivity index (χ2v) is 9.09. The van der Waals surface area contributed by atoms with E-state index in [1.54, 1.807) is 5.56 Å². The molecule has 0 amide bonds. The molecule has 0 heterocycles. The minimum absolute atomic E-state index is 0.709. The van der Waals surface area contributed by atoms with E-state index < -0.39 is 0 Å². The molecule has 0 atom stereocenters. The smallest absolute Gasteiger partial charge is 0.0719 e. The Morgan fingerprint density at radius 2 is 1.52 bits per heavy atom. The Bertz CT molecular complexity index is 780. The lowest BCUT2D eigenvalue weighted by atomic mass is 9.77. The van der Waals surface area contributed by atoms with E-state index in [9.17, 15) is 0 Å². The number of allylic oxidation sites excluding steroid dienone is 1. The lowest BCUT2D eigenvalue weighted by Crippen LogP contribution is -2.12. The van der Waals surface area contributed by atoms with Crippen molar-refractivity contribution < 1.29 is 4.74 Å².